The average Bonchev–Trinajstić information content (AvgIpc) is 2.50. The number of nitrogens with one attached hydrogen (secondary N) is 1. The summed E-state index contributed by atoms with van der Waals surface area (Å²) in [6.07, 6.45) is 0. The summed E-state index contributed by atoms with van der Waals surface area (Å²) in [5, 5.41) is 2.95. The van der Waals surface area contributed by atoms with Gasteiger partial charge in [0.2, 0.25) is 0 Å². The second-order valence-electron chi connectivity index (χ2n) is 4.78. The monoisotopic (exact) mass is 396 g/mol. The molecule has 2 rings (SSSR count). The molecule has 5 nitrogen and oxygen atoms in total. The zero-order valence-electron chi connectivity index (χ0n) is 12.2. The van der Waals surface area contributed by atoms with Gasteiger partial charge in [-0.05, 0) is 36.8 Å². The maximum Gasteiger partial charge on any atom is 0.340 e. The number of hydrogen-bond donors (Lipinski definition) is 2. The lowest BCUT2D eigenvalue weighted by Gasteiger charge is -2.10. The number of benzene rings is 2. The van der Waals surface area contributed by atoms with Crippen molar-refractivity contribution in [1.29, 1.82) is 0 Å². The van der Waals surface area contributed by atoms with Crippen LogP contribution < -0.4 is 11.1 Å². The number of anilines is 2. The van der Waals surface area contributed by atoms with E-state index in [0.29, 0.717) is 16.4 Å². The SMILES string of the molecule is Cc1cccc(C(=O)OCC(=O)Nc2ccc(Br)cc2Cl)c1N. The quantitative estimate of drug-likeness (QED) is 0.607. The third kappa shape index (κ3) is 4.46. The van der Waals surface area contributed by atoms with Crippen molar-refractivity contribution in [2.75, 3.05) is 17.7 Å². The lowest BCUT2D eigenvalue weighted by Crippen LogP contribution is -2.21. The van der Waals surface area contributed by atoms with Crippen molar-refractivity contribution in [3.05, 3.63) is 57.0 Å². The molecule has 2 aromatic carbocycles. The van der Waals surface area contributed by atoms with Gasteiger partial charge in [0.15, 0.2) is 6.61 Å². The first kappa shape index (κ1) is 17.3. The minimum atomic E-state index is -0.650. The largest absolute Gasteiger partial charge is 0.452 e. The molecule has 7 heteroatoms. The van der Waals surface area contributed by atoms with E-state index in [0.717, 1.165) is 10.0 Å². The number of esters is 1. The van der Waals surface area contributed by atoms with Gasteiger partial charge in [-0.1, -0.05) is 39.7 Å². The normalized spacial score (nSPS) is 10.2. The summed E-state index contributed by atoms with van der Waals surface area (Å²) in [7, 11) is 0. The van der Waals surface area contributed by atoms with Crippen LogP contribution in [0.4, 0.5) is 11.4 Å². The van der Waals surface area contributed by atoms with Crippen LogP contribution in [0, 0.1) is 6.92 Å². The molecule has 2 aromatic rings. The highest BCUT2D eigenvalue weighted by molar-refractivity contribution is 9.10. The van der Waals surface area contributed by atoms with Crippen LogP contribution in [0.15, 0.2) is 40.9 Å². The molecular formula is C16H14BrClN2O3. The van der Waals surface area contributed by atoms with Gasteiger partial charge in [0, 0.05) is 10.2 Å². The van der Waals surface area contributed by atoms with Gasteiger partial charge in [-0.2, -0.15) is 0 Å². The molecule has 120 valence electrons. The van der Waals surface area contributed by atoms with Gasteiger partial charge in [-0.25, -0.2) is 4.79 Å². The minimum absolute atomic E-state index is 0.236. The second-order valence-corrected chi connectivity index (χ2v) is 6.11. The van der Waals surface area contributed by atoms with Gasteiger partial charge in [0.1, 0.15) is 0 Å². The molecule has 0 radical (unpaired) electrons. The van der Waals surface area contributed by atoms with Crippen molar-refractivity contribution in [1.82, 2.24) is 0 Å². The summed E-state index contributed by atoms with van der Waals surface area (Å²) in [5.41, 5.74) is 7.61. The van der Waals surface area contributed by atoms with Crippen molar-refractivity contribution in [3.63, 3.8) is 0 Å². The predicted octanol–water partition coefficient (Wildman–Crippen LogP) is 3.79. The van der Waals surface area contributed by atoms with Crippen LogP contribution in [0.2, 0.25) is 5.02 Å². The maximum atomic E-state index is 12.0. The number of para-hydroxylation sites is 1. The fourth-order valence-corrected chi connectivity index (χ4v) is 2.57. The van der Waals surface area contributed by atoms with Crippen LogP contribution in [0.1, 0.15) is 15.9 Å². The van der Waals surface area contributed by atoms with Crippen LogP contribution in [0.5, 0.6) is 0 Å². The van der Waals surface area contributed by atoms with Gasteiger partial charge in [0.25, 0.3) is 5.91 Å². The van der Waals surface area contributed by atoms with E-state index in [1.54, 1.807) is 43.3 Å². The number of carbonyl (C=O) groups is 2. The van der Waals surface area contributed by atoms with E-state index in [9.17, 15) is 9.59 Å². The molecule has 0 saturated heterocycles. The van der Waals surface area contributed by atoms with Gasteiger partial charge in [-0.15, -0.1) is 0 Å². The second kappa shape index (κ2) is 7.48. The molecule has 0 spiro atoms. The Balaban J connectivity index is 1.96. The number of halogens is 2. The lowest BCUT2D eigenvalue weighted by molar-refractivity contribution is -0.119. The Hall–Kier alpha value is -2.05. The highest BCUT2D eigenvalue weighted by atomic mass is 79.9. The van der Waals surface area contributed by atoms with Crippen molar-refractivity contribution in [2.45, 2.75) is 6.92 Å². The minimum Gasteiger partial charge on any atom is -0.452 e. The number of ether oxygens (including phenoxy) is 1. The highest BCUT2D eigenvalue weighted by Crippen LogP contribution is 2.25. The first-order valence-corrected chi connectivity index (χ1v) is 7.82. The number of rotatable bonds is 4. The van der Waals surface area contributed by atoms with Crippen LogP contribution in [0.3, 0.4) is 0 Å². The van der Waals surface area contributed by atoms with Crippen LogP contribution in [-0.4, -0.2) is 18.5 Å². The summed E-state index contributed by atoms with van der Waals surface area (Å²) in [6, 6.07) is 10.1. The fraction of sp³-hybridized carbons (Fsp3) is 0.125. The van der Waals surface area contributed by atoms with E-state index < -0.39 is 18.5 Å². The molecule has 0 saturated carbocycles. The zero-order chi connectivity index (χ0) is 17.0. The Labute approximate surface area is 146 Å². The summed E-state index contributed by atoms with van der Waals surface area (Å²) < 4.78 is 5.77. The molecule has 0 aromatic heterocycles. The Morgan fingerprint density at radius 3 is 2.74 bits per heavy atom. The first-order chi connectivity index (χ1) is 10.9. The Bertz CT molecular complexity index is 765. The molecule has 0 aliphatic carbocycles. The number of carbonyl (C=O) groups excluding carboxylic acids is 2. The molecule has 0 fully saturated rings. The van der Waals surface area contributed by atoms with Crippen LogP contribution >= 0.6 is 27.5 Å². The van der Waals surface area contributed by atoms with Gasteiger partial charge in [0.05, 0.1) is 16.3 Å². The van der Waals surface area contributed by atoms with Crippen molar-refractivity contribution in [3.8, 4) is 0 Å². The van der Waals surface area contributed by atoms with Crippen LogP contribution in [0.25, 0.3) is 0 Å². The van der Waals surface area contributed by atoms with E-state index in [1.807, 2.05) is 0 Å². The summed E-state index contributed by atoms with van der Waals surface area (Å²) in [5.74, 6) is -1.14. The molecule has 0 unspecified atom stereocenters. The van der Waals surface area contributed by atoms with Gasteiger partial charge in [-0.3, -0.25) is 4.79 Å². The smallest absolute Gasteiger partial charge is 0.340 e. The van der Waals surface area contributed by atoms with Crippen molar-refractivity contribution < 1.29 is 14.3 Å². The first-order valence-electron chi connectivity index (χ1n) is 6.65. The molecular weight excluding hydrogens is 384 g/mol. The molecule has 0 aliphatic heterocycles. The Kier molecular flexibility index (Phi) is 5.63. The Morgan fingerprint density at radius 1 is 1.30 bits per heavy atom. The Morgan fingerprint density at radius 2 is 2.04 bits per heavy atom. The highest BCUT2D eigenvalue weighted by Gasteiger charge is 2.14. The predicted molar refractivity (Wildman–Crippen MR) is 93.7 cm³/mol. The van der Waals surface area contributed by atoms with E-state index in [2.05, 4.69) is 21.2 Å². The number of aryl methyl sites for hydroxylation is 1. The molecule has 3 N–H and O–H groups in total. The average molecular weight is 398 g/mol. The topological polar surface area (TPSA) is 81.4 Å². The third-order valence-electron chi connectivity index (χ3n) is 3.08. The molecule has 0 atom stereocenters. The molecule has 0 heterocycles. The molecule has 1 amide bonds. The number of amides is 1. The van der Waals surface area contributed by atoms with E-state index in [1.165, 1.54) is 0 Å². The zero-order valence-corrected chi connectivity index (χ0v) is 14.6. The summed E-state index contributed by atoms with van der Waals surface area (Å²) >= 11 is 9.27. The van der Waals surface area contributed by atoms with E-state index in [-0.39, 0.29) is 5.56 Å². The van der Waals surface area contributed by atoms with E-state index >= 15 is 0 Å². The lowest BCUT2D eigenvalue weighted by atomic mass is 10.1. The fourth-order valence-electron chi connectivity index (χ4n) is 1.84. The number of nitrogen functional groups attached to an aromatic ring is 1. The van der Waals surface area contributed by atoms with Gasteiger partial charge < -0.3 is 15.8 Å². The summed E-state index contributed by atoms with van der Waals surface area (Å²) in [4.78, 5) is 23.8. The third-order valence-corrected chi connectivity index (χ3v) is 3.89. The van der Waals surface area contributed by atoms with Gasteiger partial charge >= 0.3 is 5.97 Å². The van der Waals surface area contributed by atoms with Crippen LogP contribution in [-0.2, 0) is 9.53 Å². The summed E-state index contributed by atoms with van der Waals surface area (Å²) in [6.45, 7) is 1.35. The standard InChI is InChI=1S/C16H14BrClN2O3/c1-9-3-2-4-11(15(9)19)16(22)23-8-14(21)20-13-6-5-10(17)7-12(13)18/h2-7H,8,19H2,1H3,(H,20,21). The molecule has 0 aliphatic rings. The molecule has 0 bridgehead atoms. The number of nitrogens with two attached hydrogens (primary N) is 1. The maximum absolute atomic E-state index is 12.0. The molecule has 23 heavy (non-hydrogen) atoms. The van der Waals surface area contributed by atoms with Crippen molar-refractivity contribution >= 4 is 50.8 Å². The van der Waals surface area contributed by atoms with Crippen molar-refractivity contribution in [2.24, 2.45) is 0 Å². The number of hydrogen-bond acceptors (Lipinski definition) is 4. The van der Waals surface area contributed by atoms with E-state index in [4.69, 9.17) is 22.1 Å².